The molecule has 0 amide bonds. The third-order valence-corrected chi connectivity index (χ3v) is 4.07. The van der Waals surface area contributed by atoms with Gasteiger partial charge in [0.15, 0.2) is 0 Å². The number of carbonyl (C=O) groups excluding carboxylic acids is 1. The first-order valence-electron chi connectivity index (χ1n) is 8.98. The van der Waals surface area contributed by atoms with E-state index in [4.69, 9.17) is 18.9 Å². The lowest BCUT2D eigenvalue weighted by Crippen LogP contribution is -2.31. The van der Waals surface area contributed by atoms with Crippen molar-refractivity contribution >= 4 is 27.6 Å². The summed E-state index contributed by atoms with van der Waals surface area (Å²) in [5.41, 5.74) is 0. The number of esters is 1. The number of hydrogen-bond donors (Lipinski definition) is 2. The standard InChI is InChI=1S/C13H19O4PS.C6H8O.C2H6/c1-3-13(2,19)12(14)15-9-10-16-18-17-11-7-5-4-6-8-11;1-3-4-5-6(2)7;1-2/h4-8,18-19H,3,9-10H2,1-2H3;3-5,7H,1-2H2;1-2H3/b;5-4-;. The molecule has 0 saturated heterocycles. The molecule has 0 aromatic heterocycles. The highest BCUT2D eigenvalue weighted by Gasteiger charge is 2.28. The minimum Gasteiger partial charge on any atom is -0.509 e. The minimum absolute atomic E-state index is 0.0555. The van der Waals surface area contributed by atoms with Crippen LogP contribution in [0.2, 0.25) is 0 Å². The molecule has 0 saturated carbocycles. The highest BCUT2D eigenvalue weighted by Crippen LogP contribution is 2.21. The first-order valence-corrected chi connectivity index (χ1v) is 10.2. The van der Waals surface area contributed by atoms with Crippen LogP contribution in [-0.4, -0.2) is 29.0 Å². The Balaban J connectivity index is 0. The zero-order valence-corrected chi connectivity index (χ0v) is 19.1. The van der Waals surface area contributed by atoms with Gasteiger partial charge in [-0.15, -0.1) is 0 Å². The van der Waals surface area contributed by atoms with Crippen LogP contribution in [0.5, 0.6) is 5.75 Å². The van der Waals surface area contributed by atoms with Gasteiger partial charge in [-0.3, -0.25) is 4.79 Å². The van der Waals surface area contributed by atoms with Gasteiger partial charge in [0, 0.05) is 0 Å². The second kappa shape index (κ2) is 18.6. The molecule has 28 heavy (non-hydrogen) atoms. The Kier molecular flexibility index (Phi) is 18.9. The van der Waals surface area contributed by atoms with Crippen molar-refractivity contribution in [3.63, 3.8) is 0 Å². The smallest absolute Gasteiger partial charge is 0.321 e. The van der Waals surface area contributed by atoms with Gasteiger partial charge in [-0.05, 0) is 31.6 Å². The number of ether oxygens (including phenoxy) is 1. The predicted molar refractivity (Wildman–Crippen MR) is 122 cm³/mol. The van der Waals surface area contributed by atoms with E-state index in [9.17, 15) is 4.79 Å². The Hall–Kier alpha value is -1.75. The second-order valence-corrected chi connectivity index (χ2v) is 6.84. The van der Waals surface area contributed by atoms with Crippen LogP contribution in [0.25, 0.3) is 0 Å². The average Bonchev–Trinajstić information content (AvgIpc) is 2.71. The van der Waals surface area contributed by atoms with Crippen molar-refractivity contribution in [1.82, 2.24) is 0 Å². The maximum absolute atomic E-state index is 11.6. The second-order valence-electron chi connectivity index (χ2n) is 5.20. The molecule has 0 spiro atoms. The fourth-order valence-corrected chi connectivity index (χ4v) is 1.79. The van der Waals surface area contributed by atoms with Gasteiger partial charge in [-0.2, -0.15) is 12.6 Å². The molecule has 0 heterocycles. The lowest BCUT2D eigenvalue weighted by molar-refractivity contribution is -0.146. The monoisotopic (exact) mass is 428 g/mol. The molecular formula is C21H33O5PS. The van der Waals surface area contributed by atoms with Crippen molar-refractivity contribution in [3.8, 4) is 5.75 Å². The molecule has 1 aromatic carbocycles. The number of allylic oxidation sites excluding steroid dienone is 3. The fourth-order valence-electron chi connectivity index (χ4n) is 1.26. The molecule has 0 aliphatic rings. The van der Waals surface area contributed by atoms with E-state index in [1.165, 1.54) is 6.08 Å². The SMILES string of the molecule is C=C/C=C\C(=C)O.CC.CCC(C)(S)C(=O)OCCOPOc1ccccc1. The molecule has 0 fully saturated rings. The third kappa shape index (κ3) is 16.4. The van der Waals surface area contributed by atoms with Crippen molar-refractivity contribution in [3.05, 3.63) is 67.5 Å². The van der Waals surface area contributed by atoms with Crippen LogP contribution < -0.4 is 4.52 Å². The van der Waals surface area contributed by atoms with Gasteiger partial charge >= 0.3 is 5.97 Å². The minimum atomic E-state index is -0.733. The molecule has 5 nitrogen and oxygen atoms in total. The average molecular weight is 429 g/mol. The topological polar surface area (TPSA) is 65.0 Å². The summed E-state index contributed by atoms with van der Waals surface area (Å²) < 4.78 is 14.9. The number of thiol groups is 1. The molecule has 1 N–H and O–H groups in total. The molecule has 158 valence electrons. The summed E-state index contributed by atoms with van der Waals surface area (Å²) in [6.07, 6.45) is 5.27. The molecule has 2 unspecified atom stereocenters. The van der Waals surface area contributed by atoms with E-state index in [2.05, 4.69) is 25.8 Å². The van der Waals surface area contributed by atoms with E-state index in [-0.39, 0.29) is 27.4 Å². The zero-order chi connectivity index (χ0) is 21.8. The normalized spacial score (nSPS) is 12.2. The maximum atomic E-state index is 11.6. The van der Waals surface area contributed by atoms with Crippen molar-refractivity contribution in [2.75, 3.05) is 13.2 Å². The van der Waals surface area contributed by atoms with E-state index >= 15 is 0 Å². The molecule has 0 radical (unpaired) electrons. The van der Waals surface area contributed by atoms with Gasteiger partial charge < -0.3 is 18.9 Å². The third-order valence-electron chi connectivity index (χ3n) is 2.93. The number of aliphatic hydroxyl groups excluding tert-OH is 1. The van der Waals surface area contributed by atoms with Crippen LogP contribution in [0, 0.1) is 0 Å². The van der Waals surface area contributed by atoms with E-state index in [0.717, 1.165) is 5.75 Å². The lowest BCUT2D eigenvalue weighted by atomic mass is 10.1. The van der Waals surface area contributed by atoms with Gasteiger partial charge in [0.1, 0.15) is 22.9 Å². The summed E-state index contributed by atoms with van der Waals surface area (Å²) in [5, 5.41) is 8.35. The zero-order valence-electron chi connectivity index (χ0n) is 17.2. The molecule has 1 aromatic rings. The molecule has 0 aliphatic heterocycles. The molecule has 2 atom stereocenters. The molecular weight excluding hydrogens is 395 g/mol. The predicted octanol–water partition coefficient (Wildman–Crippen LogP) is 6.06. The number of rotatable bonds is 10. The van der Waals surface area contributed by atoms with Gasteiger partial charge in [-0.1, -0.05) is 64.3 Å². The molecule has 7 heteroatoms. The van der Waals surface area contributed by atoms with Crippen molar-refractivity contribution < 1.29 is 23.7 Å². The van der Waals surface area contributed by atoms with E-state index in [1.807, 2.05) is 51.1 Å². The van der Waals surface area contributed by atoms with Crippen LogP contribution in [0.4, 0.5) is 0 Å². The quantitative estimate of drug-likeness (QED) is 0.118. The Bertz CT molecular complexity index is 573. The number of hydrogen-bond acceptors (Lipinski definition) is 6. The molecule has 1 rings (SSSR count). The highest BCUT2D eigenvalue weighted by atomic mass is 32.1. The van der Waals surface area contributed by atoms with E-state index < -0.39 is 4.75 Å². The number of para-hydroxylation sites is 1. The first kappa shape index (κ1) is 28.5. The Morgan fingerprint density at radius 3 is 2.36 bits per heavy atom. The van der Waals surface area contributed by atoms with Crippen molar-refractivity contribution in [2.24, 2.45) is 0 Å². The Labute approximate surface area is 176 Å². The summed E-state index contributed by atoms with van der Waals surface area (Å²) in [6, 6.07) is 9.39. The molecule has 0 aliphatic carbocycles. The van der Waals surface area contributed by atoms with Gasteiger partial charge in [-0.25, -0.2) is 0 Å². The van der Waals surface area contributed by atoms with Crippen LogP contribution in [0.3, 0.4) is 0 Å². The first-order chi connectivity index (χ1) is 13.3. The maximum Gasteiger partial charge on any atom is 0.321 e. The Morgan fingerprint density at radius 1 is 1.29 bits per heavy atom. The molecule has 0 bridgehead atoms. The van der Waals surface area contributed by atoms with E-state index in [1.54, 1.807) is 19.1 Å². The summed E-state index contributed by atoms with van der Waals surface area (Å²) in [4.78, 5) is 11.6. The van der Waals surface area contributed by atoms with Crippen molar-refractivity contribution in [1.29, 1.82) is 0 Å². The number of aliphatic hydroxyl groups is 1. The lowest BCUT2D eigenvalue weighted by Gasteiger charge is -2.19. The van der Waals surface area contributed by atoms with Crippen LogP contribution >= 0.6 is 21.7 Å². The summed E-state index contributed by atoms with van der Waals surface area (Å²) in [6.45, 7) is 14.8. The van der Waals surface area contributed by atoms with Crippen LogP contribution in [0.15, 0.2) is 67.5 Å². The summed E-state index contributed by atoms with van der Waals surface area (Å²) >= 11 is 4.23. The van der Waals surface area contributed by atoms with E-state index in [0.29, 0.717) is 13.0 Å². The van der Waals surface area contributed by atoms with Gasteiger partial charge in [0.25, 0.3) is 0 Å². The van der Waals surface area contributed by atoms with Crippen molar-refractivity contribution in [2.45, 2.75) is 38.9 Å². The Morgan fingerprint density at radius 2 is 1.89 bits per heavy atom. The van der Waals surface area contributed by atoms with Crippen LogP contribution in [0.1, 0.15) is 34.1 Å². The summed E-state index contributed by atoms with van der Waals surface area (Å²) in [5.74, 6) is 0.487. The highest BCUT2D eigenvalue weighted by molar-refractivity contribution is 7.82. The number of carbonyl (C=O) groups is 1. The van der Waals surface area contributed by atoms with Gasteiger partial charge in [0.05, 0.1) is 6.61 Å². The summed E-state index contributed by atoms with van der Waals surface area (Å²) in [7, 11) is -0.110. The largest absolute Gasteiger partial charge is 0.509 e. The fraction of sp³-hybridized carbons (Fsp3) is 0.381. The van der Waals surface area contributed by atoms with Gasteiger partial charge in [0.2, 0.25) is 9.03 Å². The van der Waals surface area contributed by atoms with Crippen LogP contribution in [-0.2, 0) is 14.1 Å². The number of benzene rings is 1.